The van der Waals surface area contributed by atoms with Crippen LogP contribution in [0.15, 0.2) is 23.8 Å². The van der Waals surface area contributed by atoms with E-state index in [-0.39, 0.29) is 11.8 Å². The van der Waals surface area contributed by atoms with Crippen LogP contribution in [0.5, 0.6) is 11.5 Å². The molecule has 27 heavy (non-hydrogen) atoms. The van der Waals surface area contributed by atoms with Crippen molar-refractivity contribution in [2.24, 2.45) is 0 Å². The summed E-state index contributed by atoms with van der Waals surface area (Å²) in [6, 6.07) is 3.11. The molecule has 0 atom stereocenters. The smallest absolute Gasteiger partial charge is 0.267 e. The van der Waals surface area contributed by atoms with Crippen molar-refractivity contribution in [3.8, 4) is 11.5 Å². The summed E-state index contributed by atoms with van der Waals surface area (Å²) in [5.74, 6) is 0.0366. The summed E-state index contributed by atoms with van der Waals surface area (Å²) in [5.41, 5.74) is 2.21. The van der Waals surface area contributed by atoms with Crippen LogP contribution in [0.2, 0.25) is 0 Å². The summed E-state index contributed by atoms with van der Waals surface area (Å²) in [4.78, 5) is 31.1. The molecular formula is C18H20FN3O4S. The van der Waals surface area contributed by atoms with E-state index in [2.05, 4.69) is 10.3 Å². The van der Waals surface area contributed by atoms with Gasteiger partial charge in [-0.25, -0.2) is 4.39 Å². The molecule has 2 aromatic rings. The zero-order valence-electron chi connectivity index (χ0n) is 15.0. The maximum absolute atomic E-state index is 13.4. The first kappa shape index (κ1) is 19.1. The lowest BCUT2D eigenvalue weighted by Gasteiger charge is -2.29. The second-order valence-corrected chi connectivity index (χ2v) is 6.93. The van der Waals surface area contributed by atoms with Gasteiger partial charge in [0.1, 0.15) is 11.0 Å². The Hall–Kier alpha value is -2.68. The number of likely N-dealkylation sites (tertiary alicyclic amines) is 1. The Balaban J connectivity index is 1.91. The molecule has 2 heterocycles. The lowest BCUT2D eigenvalue weighted by Crippen LogP contribution is -2.39. The lowest BCUT2D eigenvalue weighted by atomic mass is 10.1. The summed E-state index contributed by atoms with van der Waals surface area (Å²) in [6.07, 6.45) is 1.25. The number of nitrogens with one attached hydrogen (secondary N) is 1. The van der Waals surface area contributed by atoms with E-state index in [9.17, 15) is 14.0 Å². The second-order valence-electron chi connectivity index (χ2n) is 6.05. The number of alkyl halides is 1. The SMILES string of the molecule is COc1cc(C(=O)N2CCC(F)CC2)cc(NC(=O)c2cncs2)c1OC. The lowest BCUT2D eigenvalue weighted by molar-refractivity contribution is 0.0666. The number of aromatic nitrogens is 1. The van der Waals surface area contributed by atoms with Crippen LogP contribution in [0.1, 0.15) is 32.9 Å². The van der Waals surface area contributed by atoms with E-state index in [1.165, 1.54) is 31.8 Å². The van der Waals surface area contributed by atoms with Crippen LogP contribution in [0, 0.1) is 0 Å². The molecule has 3 rings (SSSR count). The molecule has 1 saturated heterocycles. The van der Waals surface area contributed by atoms with Crippen LogP contribution in [0.25, 0.3) is 0 Å². The summed E-state index contributed by atoms with van der Waals surface area (Å²) in [5, 5.41) is 2.74. The second kappa shape index (κ2) is 8.34. The molecule has 0 aliphatic carbocycles. The molecule has 144 valence electrons. The van der Waals surface area contributed by atoms with Crippen LogP contribution in [-0.2, 0) is 0 Å². The highest BCUT2D eigenvalue weighted by atomic mass is 32.1. The summed E-state index contributed by atoms with van der Waals surface area (Å²) >= 11 is 1.20. The number of carbonyl (C=O) groups is 2. The van der Waals surface area contributed by atoms with Crippen molar-refractivity contribution >= 4 is 28.8 Å². The molecule has 0 saturated carbocycles. The van der Waals surface area contributed by atoms with Crippen LogP contribution >= 0.6 is 11.3 Å². The Bertz CT molecular complexity index is 820. The van der Waals surface area contributed by atoms with Gasteiger partial charge in [-0.05, 0) is 25.0 Å². The minimum Gasteiger partial charge on any atom is -0.493 e. The molecule has 1 aliphatic heterocycles. The Morgan fingerprint density at radius 2 is 2.00 bits per heavy atom. The molecule has 9 heteroatoms. The van der Waals surface area contributed by atoms with E-state index in [4.69, 9.17) is 9.47 Å². The highest BCUT2D eigenvalue weighted by Gasteiger charge is 2.25. The molecule has 7 nitrogen and oxygen atoms in total. The number of benzene rings is 1. The predicted molar refractivity (Wildman–Crippen MR) is 99.6 cm³/mol. The number of anilines is 1. The summed E-state index contributed by atoms with van der Waals surface area (Å²) in [7, 11) is 2.91. The third-order valence-corrected chi connectivity index (χ3v) is 5.11. The van der Waals surface area contributed by atoms with Gasteiger partial charge in [-0.2, -0.15) is 0 Å². The Morgan fingerprint density at radius 1 is 1.26 bits per heavy atom. The van der Waals surface area contributed by atoms with Crippen LogP contribution in [-0.4, -0.2) is 55.2 Å². The van der Waals surface area contributed by atoms with Crippen molar-refractivity contribution in [3.63, 3.8) is 0 Å². The molecular weight excluding hydrogens is 373 g/mol. The zero-order valence-corrected chi connectivity index (χ0v) is 15.8. The fourth-order valence-corrected chi connectivity index (χ4v) is 3.44. The van der Waals surface area contributed by atoms with Crippen molar-refractivity contribution in [1.82, 2.24) is 9.88 Å². The van der Waals surface area contributed by atoms with Crippen LogP contribution in [0.3, 0.4) is 0 Å². The van der Waals surface area contributed by atoms with Gasteiger partial charge >= 0.3 is 0 Å². The molecule has 0 radical (unpaired) electrons. The maximum atomic E-state index is 13.4. The molecule has 1 fully saturated rings. The number of carbonyl (C=O) groups excluding carboxylic acids is 2. The van der Waals surface area contributed by atoms with Gasteiger partial charge in [0.25, 0.3) is 11.8 Å². The van der Waals surface area contributed by atoms with Gasteiger partial charge in [0.05, 0.1) is 31.6 Å². The van der Waals surface area contributed by atoms with Gasteiger partial charge in [0.15, 0.2) is 11.5 Å². The first-order valence-electron chi connectivity index (χ1n) is 8.42. The number of hydrogen-bond donors (Lipinski definition) is 1. The first-order valence-corrected chi connectivity index (χ1v) is 9.30. The van der Waals surface area contributed by atoms with Gasteiger partial charge in [-0.1, -0.05) is 0 Å². The Morgan fingerprint density at radius 3 is 2.59 bits per heavy atom. The standard InChI is InChI=1S/C18H20FN3O4S/c1-25-14-8-11(18(24)22-5-3-12(19)4-6-22)7-13(16(14)26-2)21-17(23)15-9-20-10-27-15/h7-10,12H,3-6H2,1-2H3,(H,21,23). The van der Waals surface area contributed by atoms with E-state index in [1.54, 1.807) is 22.5 Å². The largest absolute Gasteiger partial charge is 0.493 e. The molecule has 1 aliphatic rings. The number of methoxy groups -OCH3 is 2. The van der Waals surface area contributed by atoms with Gasteiger partial charge in [0.2, 0.25) is 0 Å². The van der Waals surface area contributed by atoms with E-state index in [0.717, 1.165) is 0 Å². The molecule has 1 aromatic carbocycles. The highest BCUT2D eigenvalue weighted by molar-refractivity contribution is 7.11. The van der Waals surface area contributed by atoms with E-state index in [1.807, 2.05) is 0 Å². The highest BCUT2D eigenvalue weighted by Crippen LogP contribution is 2.37. The maximum Gasteiger partial charge on any atom is 0.267 e. The third kappa shape index (κ3) is 4.19. The van der Waals surface area contributed by atoms with Gasteiger partial charge in [0, 0.05) is 18.7 Å². The van der Waals surface area contributed by atoms with Crippen LogP contribution in [0.4, 0.5) is 10.1 Å². The Kier molecular flexibility index (Phi) is 5.90. The molecule has 1 N–H and O–H groups in total. The number of amides is 2. The van der Waals surface area contributed by atoms with Crippen molar-refractivity contribution in [3.05, 3.63) is 34.3 Å². The summed E-state index contributed by atoms with van der Waals surface area (Å²) < 4.78 is 24.0. The number of rotatable bonds is 5. The summed E-state index contributed by atoms with van der Waals surface area (Å²) in [6.45, 7) is 0.716. The number of nitrogens with zero attached hydrogens (tertiary/aromatic N) is 2. The average molecular weight is 393 g/mol. The normalized spacial score (nSPS) is 14.7. The first-order chi connectivity index (χ1) is 13.0. The fourth-order valence-electron chi connectivity index (χ4n) is 2.93. The minimum absolute atomic E-state index is 0.240. The van der Waals surface area contributed by atoms with E-state index in [0.29, 0.717) is 53.6 Å². The van der Waals surface area contributed by atoms with Gasteiger partial charge < -0.3 is 19.7 Å². The topological polar surface area (TPSA) is 80.8 Å². The minimum atomic E-state index is -0.867. The molecule has 1 aromatic heterocycles. The third-order valence-electron chi connectivity index (χ3n) is 4.34. The molecule has 0 spiro atoms. The van der Waals surface area contributed by atoms with E-state index < -0.39 is 6.17 Å². The van der Waals surface area contributed by atoms with Crippen molar-refractivity contribution in [2.45, 2.75) is 19.0 Å². The van der Waals surface area contributed by atoms with Gasteiger partial charge in [-0.15, -0.1) is 11.3 Å². The zero-order chi connectivity index (χ0) is 19.4. The average Bonchev–Trinajstić information content (AvgIpc) is 3.22. The molecule has 2 amide bonds. The predicted octanol–water partition coefficient (Wildman–Crippen LogP) is 2.99. The monoisotopic (exact) mass is 393 g/mol. The molecule has 0 bridgehead atoms. The number of thiazole rings is 1. The number of ether oxygens (including phenoxy) is 2. The quantitative estimate of drug-likeness (QED) is 0.845. The number of halogens is 1. The van der Waals surface area contributed by atoms with Gasteiger partial charge in [-0.3, -0.25) is 14.6 Å². The van der Waals surface area contributed by atoms with Crippen molar-refractivity contribution in [2.75, 3.05) is 32.6 Å². The fraction of sp³-hybridized carbons (Fsp3) is 0.389. The van der Waals surface area contributed by atoms with E-state index >= 15 is 0 Å². The molecule has 0 unspecified atom stereocenters. The van der Waals surface area contributed by atoms with Crippen molar-refractivity contribution < 1.29 is 23.5 Å². The van der Waals surface area contributed by atoms with Crippen LogP contribution < -0.4 is 14.8 Å². The van der Waals surface area contributed by atoms with Crippen molar-refractivity contribution in [1.29, 1.82) is 0 Å². The number of hydrogen-bond acceptors (Lipinski definition) is 6. The number of piperidine rings is 1. The Labute approximate surface area is 160 Å².